The highest BCUT2D eigenvalue weighted by Crippen LogP contribution is 2.22. The number of carbonyl (C=O) groups excluding carboxylic acids is 1. The Morgan fingerprint density at radius 2 is 1.96 bits per heavy atom. The summed E-state index contributed by atoms with van der Waals surface area (Å²) in [6.45, 7) is 0.647. The lowest BCUT2D eigenvalue weighted by Gasteiger charge is -2.17. The van der Waals surface area contributed by atoms with Gasteiger partial charge >= 0.3 is 0 Å². The van der Waals surface area contributed by atoms with Crippen molar-refractivity contribution in [2.75, 3.05) is 19.7 Å². The zero-order valence-electron chi connectivity index (χ0n) is 14.1. The van der Waals surface area contributed by atoms with Crippen molar-refractivity contribution in [1.82, 2.24) is 4.90 Å². The van der Waals surface area contributed by atoms with Crippen LogP contribution < -0.4 is 4.74 Å². The molecule has 1 saturated heterocycles. The van der Waals surface area contributed by atoms with Crippen LogP contribution in [0.4, 0.5) is 4.39 Å². The van der Waals surface area contributed by atoms with Gasteiger partial charge in [0.1, 0.15) is 11.6 Å². The molecule has 2 aromatic carbocycles. The van der Waals surface area contributed by atoms with Gasteiger partial charge in [-0.1, -0.05) is 24.3 Å². The number of likely N-dealkylation sites (tertiary alicyclic amines) is 1. The number of aliphatic hydroxyl groups excluding tert-OH is 1. The summed E-state index contributed by atoms with van der Waals surface area (Å²) in [6, 6.07) is 12.9. The fourth-order valence-corrected chi connectivity index (χ4v) is 4.31. The Hall–Kier alpha value is -2.25. The average Bonchev–Trinajstić information content (AvgIpc) is 3.16. The van der Waals surface area contributed by atoms with Gasteiger partial charge in [-0.05, 0) is 36.2 Å². The molecule has 2 atom stereocenters. The van der Waals surface area contributed by atoms with Crippen molar-refractivity contribution >= 4 is 16.7 Å². The molecular formula is C19H20FNO4S. The standard InChI is InChI=1S/C19H20FNO4S/c20-17-3-1-2-4-18(17)26(24)16-9-10-21(11-16)19(23)13-25-15-7-5-14(12-22)6-8-15/h1-8,16,22H,9-13H2. The molecule has 1 heterocycles. The molecule has 2 aromatic rings. The summed E-state index contributed by atoms with van der Waals surface area (Å²) in [7, 11) is -1.48. The third-order valence-electron chi connectivity index (χ3n) is 4.32. The molecule has 0 aliphatic carbocycles. The molecule has 1 fully saturated rings. The van der Waals surface area contributed by atoms with Gasteiger partial charge in [0.2, 0.25) is 0 Å². The van der Waals surface area contributed by atoms with Gasteiger partial charge < -0.3 is 14.7 Å². The molecule has 26 heavy (non-hydrogen) atoms. The number of ether oxygens (including phenoxy) is 1. The molecule has 0 saturated carbocycles. The summed E-state index contributed by atoms with van der Waals surface area (Å²) >= 11 is 0. The Morgan fingerprint density at radius 3 is 2.65 bits per heavy atom. The van der Waals surface area contributed by atoms with E-state index in [2.05, 4.69) is 0 Å². The molecule has 1 aliphatic rings. The van der Waals surface area contributed by atoms with Crippen LogP contribution in [-0.2, 0) is 22.2 Å². The Balaban J connectivity index is 1.53. The van der Waals surface area contributed by atoms with Crippen LogP contribution in [0.15, 0.2) is 53.4 Å². The molecule has 0 bridgehead atoms. The Morgan fingerprint density at radius 1 is 1.23 bits per heavy atom. The summed E-state index contributed by atoms with van der Waals surface area (Å²) in [5.41, 5.74) is 0.765. The van der Waals surface area contributed by atoms with E-state index in [1.807, 2.05) is 0 Å². The highest BCUT2D eigenvalue weighted by atomic mass is 32.2. The molecule has 0 aromatic heterocycles. The zero-order valence-corrected chi connectivity index (χ0v) is 15.0. The topological polar surface area (TPSA) is 66.8 Å². The van der Waals surface area contributed by atoms with Gasteiger partial charge in [-0.15, -0.1) is 0 Å². The number of benzene rings is 2. The van der Waals surface area contributed by atoms with Crippen LogP contribution in [0.5, 0.6) is 5.75 Å². The molecule has 1 amide bonds. The van der Waals surface area contributed by atoms with Gasteiger partial charge in [-0.3, -0.25) is 9.00 Å². The maximum atomic E-state index is 13.8. The number of aliphatic hydroxyl groups is 1. The van der Waals surface area contributed by atoms with E-state index in [1.54, 1.807) is 41.3 Å². The second-order valence-corrected chi connectivity index (χ2v) is 7.77. The van der Waals surface area contributed by atoms with Crippen LogP contribution in [0.25, 0.3) is 0 Å². The number of hydrogen-bond acceptors (Lipinski definition) is 4. The minimum absolute atomic E-state index is 0.0481. The number of nitrogens with zero attached hydrogens (tertiary/aromatic N) is 1. The van der Waals surface area contributed by atoms with Crippen LogP contribution in [-0.4, -0.2) is 45.1 Å². The van der Waals surface area contributed by atoms with Crippen molar-refractivity contribution in [3.63, 3.8) is 0 Å². The normalized spacial score (nSPS) is 17.9. The van der Waals surface area contributed by atoms with Crippen LogP contribution in [0.2, 0.25) is 0 Å². The molecule has 2 unspecified atom stereocenters. The van der Waals surface area contributed by atoms with Crippen molar-refractivity contribution in [2.45, 2.75) is 23.2 Å². The van der Waals surface area contributed by atoms with Crippen LogP contribution in [0.3, 0.4) is 0 Å². The van der Waals surface area contributed by atoms with E-state index < -0.39 is 16.6 Å². The van der Waals surface area contributed by atoms with Gasteiger partial charge in [0.15, 0.2) is 6.61 Å². The quantitative estimate of drug-likeness (QED) is 0.837. The van der Waals surface area contributed by atoms with Crippen molar-refractivity contribution in [2.24, 2.45) is 0 Å². The predicted molar refractivity (Wildman–Crippen MR) is 95.7 cm³/mol. The molecule has 0 radical (unpaired) electrons. The van der Waals surface area contributed by atoms with E-state index in [0.717, 1.165) is 5.56 Å². The van der Waals surface area contributed by atoms with Gasteiger partial charge in [-0.25, -0.2) is 4.39 Å². The maximum absolute atomic E-state index is 13.8. The molecule has 7 heteroatoms. The summed E-state index contributed by atoms with van der Waals surface area (Å²) in [5.74, 6) is -0.129. The summed E-state index contributed by atoms with van der Waals surface area (Å²) in [4.78, 5) is 14.1. The lowest BCUT2D eigenvalue weighted by Crippen LogP contribution is -2.34. The highest BCUT2D eigenvalue weighted by Gasteiger charge is 2.31. The molecule has 1 N–H and O–H groups in total. The lowest BCUT2D eigenvalue weighted by molar-refractivity contribution is -0.132. The van der Waals surface area contributed by atoms with Crippen molar-refractivity contribution in [1.29, 1.82) is 0 Å². The Kier molecular flexibility index (Phi) is 6.00. The predicted octanol–water partition coefficient (Wildman–Crippen LogP) is 2.11. The fraction of sp³-hybridized carbons (Fsp3) is 0.316. The van der Waals surface area contributed by atoms with Crippen molar-refractivity contribution < 1.29 is 23.2 Å². The average molecular weight is 377 g/mol. The van der Waals surface area contributed by atoms with Crippen LogP contribution >= 0.6 is 0 Å². The van der Waals surface area contributed by atoms with Crippen molar-refractivity contribution in [3.8, 4) is 5.75 Å². The summed E-state index contributed by atoms with van der Waals surface area (Å²) < 4.78 is 31.8. The first kappa shape index (κ1) is 18.5. The lowest BCUT2D eigenvalue weighted by atomic mass is 10.2. The maximum Gasteiger partial charge on any atom is 0.260 e. The van der Waals surface area contributed by atoms with E-state index >= 15 is 0 Å². The minimum atomic E-state index is -1.48. The first-order valence-corrected chi connectivity index (χ1v) is 9.55. The fourth-order valence-electron chi connectivity index (χ4n) is 2.84. The van der Waals surface area contributed by atoms with E-state index in [1.165, 1.54) is 12.1 Å². The third kappa shape index (κ3) is 4.28. The molecule has 138 valence electrons. The van der Waals surface area contributed by atoms with E-state index in [0.29, 0.717) is 25.3 Å². The first-order chi connectivity index (χ1) is 12.6. The van der Waals surface area contributed by atoms with Gasteiger partial charge in [0.05, 0.1) is 27.6 Å². The molecule has 1 aliphatic heterocycles. The second-order valence-electron chi connectivity index (χ2n) is 6.07. The number of amides is 1. The number of hydrogen-bond donors (Lipinski definition) is 1. The van der Waals surface area contributed by atoms with Crippen LogP contribution in [0.1, 0.15) is 12.0 Å². The minimum Gasteiger partial charge on any atom is -0.484 e. The SMILES string of the molecule is O=C(COc1ccc(CO)cc1)N1CCC(S(=O)c2ccccc2F)C1. The van der Waals surface area contributed by atoms with E-state index in [4.69, 9.17) is 9.84 Å². The molecular weight excluding hydrogens is 357 g/mol. The zero-order chi connectivity index (χ0) is 18.5. The second kappa shape index (κ2) is 8.42. The van der Waals surface area contributed by atoms with Gasteiger partial charge in [-0.2, -0.15) is 0 Å². The van der Waals surface area contributed by atoms with Crippen molar-refractivity contribution in [3.05, 3.63) is 59.9 Å². The molecule has 0 spiro atoms. The van der Waals surface area contributed by atoms with Crippen LogP contribution in [0, 0.1) is 5.82 Å². The third-order valence-corrected chi connectivity index (χ3v) is 6.08. The number of carbonyl (C=O) groups is 1. The summed E-state index contributed by atoms with van der Waals surface area (Å²) in [5, 5.41) is 8.73. The first-order valence-electron chi connectivity index (χ1n) is 8.34. The largest absolute Gasteiger partial charge is 0.484 e. The van der Waals surface area contributed by atoms with E-state index in [-0.39, 0.29) is 29.3 Å². The number of halogens is 1. The molecule has 5 nitrogen and oxygen atoms in total. The monoisotopic (exact) mass is 377 g/mol. The highest BCUT2D eigenvalue weighted by molar-refractivity contribution is 7.85. The van der Waals surface area contributed by atoms with Gasteiger partial charge in [0.25, 0.3) is 5.91 Å². The van der Waals surface area contributed by atoms with E-state index in [9.17, 15) is 13.4 Å². The Bertz CT molecular complexity index is 796. The number of rotatable bonds is 6. The van der Waals surface area contributed by atoms with Gasteiger partial charge in [0, 0.05) is 13.1 Å². The summed E-state index contributed by atoms with van der Waals surface area (Å²) in [6.07, 6.45) is 0.567. The molecule has 3 rings (SSSR count). The smallest absolute Gasteiger partial charge is 0.260 e. The Labute approximate surface area is 153 Å².